The van der Waals surface area contributed by atoms with Gasteiger partial charge in [-0.15, -0.1) is 0 Å². The van der Waals surface area contributed by atoms with E-state index in [0.717, 1.165) is 16.7 Å². The minimum Gasteiger partial charge on any atom is -0.497 e. The van der Waals surface area contributed by atoms with Gasteiger partial charge in [-0.3, -0.25) is 19.2 Å². The van der Waals surface area contributed by atoms with Crippen LogP contribution in [0.3, 0.4) is 0 Å². The highest BCUT2D eigenvalue weighted by Gasteiger charge is 2.27. The fourth-order valence-electron chi connectivity index (χ4n) is 5.65. The molecule has 0 fully saturated rings. The van der Waals surface area contributed by atoms with E-state index in [1.807, 2.05) is 104 Å². The van der Waals surface area contributed by atoms with Gasteiger partial charge in [-0.1, -0.05) is 72.8 Å². The molecule has 0 radical (unpaired) electrons. The van der Waals surface area contributed by atoms with Crippen LogP contribution in [0.1, 0.15) is 70.3 Å². The summed E-state index contributed by atoms with van der Waals surface area (Å²) in [7, 11) is 1.43. The number of ether oxygens (including phenoxy) is 1. The van der Waals surface area contributed by atoms with Gasteiger partial charge in [0.1, 0.15) is 5.75 Å². The first-order valence-electron chi connectivity index (χ1n) is 16.7. The zero-order valence-electron chi connectivity index (χ0n) is 29.5. The molecular formula is C39H48N4O6S. The second-order valence-corrected chi connectivity index (χ2v) is 14.5. The van der Waals surface area contributed by atoms with E-state index in [9.17, 15) is 23.1 Å². The second kappa shape index (κ2) is 17.3. The van der Waals surface area contributed by atoms with Gasteiger partial charge < -0.3 is 20.1 Å². The van der Waals surface area contributed by atoms with E-state index in [4.69, 9.17) is 4.74 Å². The number of sulfonamides is 1. The largest absolute Gasteiger partial charge is 0.497 e. The maximum absolute atomic E-state index is 14.0. The SMILES string of the molecule is CCS(=O)(=O)Nc1cc(C(=O)N[C@@H](Cc2ccccc2)[C@H](O)CN(C)[C@@H](C)c2ccccc2)cc(C(=O)N(C)C(C)c2ccc(OC)cc2)c1. The van der Waals surface area contributed by atoms with Crippen LogP contribution in [0.5, 0.6) is 5.75 Å². The monoisotopic (exact) mass is 700 g/mol. The topological polar surface area (TPSA) is 128 Å². The highest BCUT2D eigenvalue weighted by molar-refractivity contribution is 7.92. The van der Waals surface area contributed by atoms with Crippen LogP contribution in [0.2, 0.25) is 0 Å². The summed E-state index contributed by atoms with van der Waals surface area (Å²) in [5, 5.41) is 14.6. The van der Waals surface area contributed by atoms with E-state index < -0.39 is 34.0 Å². The summed E-state index contributed by atoms with van der Waals surface area (Å²) >= 11 is 0. The van der Waals surface area contributed by atoms with Gasteiger partial charge in [0.2, 0.25) is 10.0 Å². The number of methoxy groups -OCH3 is 1. The van der Waals surface area contributed by atoms with E-state index in [-0.39, 0.29) is 41.2 Å². The lowest BCUT2D eigenvalue weighted by Crippen LogP contribution is -2.49. The number of carbonyl (C=O) groups excluding carboxylic acids is 2. The Morgan fingerprint density at radius 2 is 1.40 bits per heavy atom. The number of anilines is 1. The van der Waals surface area contributed by atoms with Gasteiger partial charge in [-0.05, 0) is 81.3 Å². The fourth-order valence-corrected chi connectivity index (χ4v) is 6.27. The standard InChI is InChI=1S/C39H48N4O6S/c1-7-50(47,48)41-34-24-32(23-33(25-34)39(46)43(5)28(3)31-18-20-35(49-6)21-19-31)38(45)40-36(22-29-14-10-8-11-15-29)37(44)26-42(4)27(2)30-16-12-9-13-17-30/h8-21,23-25,27-28,36-37,41,44H,7,22,26H2,1-6H3,(H,40,45)/t27-,28?,36-,37+/m0/s1. The summed E-state index contributed by atoms with van der Waals surface area (Å²) in [5.41, 5.74) is 3.18. The Kier molecular flexibility index (Phi) is 13.2. The third-order valence-corrected chi connectivity index (χ3v) is 10.4. The molecule has 0 aromatic heterocycles. The van der Waals surface area contributed by atoms with Crippen molar-refractivity contribution in [3.8, 4) is 5.75 Å². The van der Waals surface area contributed by atoms with E-state index in [0.29, 0.717) is 12.2 Å². The summed E-state index contributed by atoms with van der Waals surface area (Å²) < 4.78 is 32.9. The molecule has 0 aliphatic carbocycles. The highest BCUT2D eigenvalue weighted by atomic mass is 32.2. The number of nitrogens with zero attached hydrogens (tertiary/aromatic N) is 2. The Morgan fingerprint density at radius 3 is 2.00 bits per heavy atom. The van der Waals surface area contributed by atoms with Crippen molar-refractivity contribution in [2.24, 2.45) is 0 Å². The average molecular weight is 701 g/mol. The minimum absolute atomic E-state index is 0.00747. The van der Waals surface area contributed by atoms with Crippen molar-refractivity contribution in [2.75, 3.05) is 38.2 Å². The van der Waals surface area contributed by atoms with Gasteiger partial charge in [-0.2, -0.15) is 0 Å². The molecule has 4 aromatic carbocycles. The van der Waals surface area contributed by atoms with Crippen LogP contribution in [-0.4, -0.2) is 80.8 Å². The Hall–Kier alpha value is -4.71. The molecule has 50 heavy (non-hydrogen) atoms. The zero-order chi connectivity index (χ0) is 36.4. The van der Waals surface area contributed by atoms with Gasteiger partial charge in [0, 0.05) is 30.8 Å². The van der Waals surface area contributed by atoms with Crippen LogP contribution in [0.15, 0.2) is 103 Å². The first-order valence-corrected chi connectivity index (χ1v) is 18.3. The van der Waals surface area contributed by atoms with Crippen molar-refractivity contribution < 1.29 is 27.9 Å². The van der Waals surface area contributed by atoms with E-state index in [2.05, 4.69) is 17.0 Å². The molecule has 3 N–H and O–H groups in total. The predicted molar refractivity (Wildman–Crippen MR) is 198 cm³/mol. The molecule has 0 saturated carbocycles. The van der Waals surface area contributed by atoms with Crippen LogP contribution in [-0.2, 0) is 16.4 Å². The molecule has 4 rings (SSSR count). The predicted octanol–water partition coefficient (Wildman–Crippen LogP) is 5.69. The van der Waals surface area contributed by atoms with Gasteiger partial charge in [0.15, 0.2) is 0 Å². The molecule has 266 valence electrons. The number of aliphatic hydroxyl groups excluding tert-OH is 1. The third kappa shape index (κ3) is 10.2. The number of hydrogen-bond donors (Lipinski definition) is 3. The lowest BCUT2D eigenvalue weighted by molar-refractivity contribution is 0.0656. The molecule has 11 heteroatoms. The molecule has 0 heterocycles. The van der Waals surface area contributed by atoms with Crippen molar-refractivity contribution in [1.29, 1.82) is 0 Å². The number of likely N-dealkylation sites (N-methyl/N-ethyl adjacent to an activating group) is 1. The van der Waals surface area contributed by atoms with Gasteiger partial charge >= 0.3 is 0 Å². The molecule has 2 amide bonds. The van der Waals surface area contributed by atoms with Gasteiger partial charge in [0.25, 0.3) is 11.8 Å². The van der Waals surface area contributed by atoms with Crippen LogP contribution >= 0.6 is 0 Å². The minimum atomic E-state index is -3.73. The summed E-state index contributed by atoms with van der Waals surface area (Å²) in [6.45, 7) is 5.70. The molecule has 0 saturated heterocycles. The molecule has 4 aromatic rings. The van der Waals surface area contributed by atoms with Crippen LogP contribution in [0, 0.1) is 0 Å². The van der Waals surface area contributed by atoms with E-state index >= 15 is 0 Å². The van der Waals surface area contributed by atoms with Crippen molar-refractivity contribution in [1.82, 2.24) is 15.1 Å². The van der Waals surface area contributed by atoms with E-state index in [1.165, 1.54) is 30.0 Å². The third-order valence-electron chi connectivity index (χ3n) is 9.09. The fraction of sp³-hybridized carbons (Fsp3) is 0.333. The molecule has 0 spiro atoms. The maximum atomic E-state index is 14.0. The van der Waals surface area contributed by atoms with Crippen molar-refractivity contribution >= 4 is 27.5 Å². The summed E-state index contributed by atoms with van der Waals surface area (Å²) in [6.07, 6.45) is -0.619. The molecule has 0 aliphatic rings. The Labute approximate surface area is 296 Å². The Balaban J connectivity index is 1.63. The lowest BCUT2D eigenvalue weighted by atomic mass is 9.99. The van der Waals surface area contributed by atoms with E-state index in [1.54, 1.807) is 14.2 Å². The summed E-state index contributed by atoms with van der Waals surface area (Å²) in [5.74, 6) is -0.463. The smallest absolute Gasteiger partial charge is 0.254 e. The maximum Gasteiger partial charge on any atom is 0.254 e. The summed E-state index contributed by atoms with van der Waals surface area (Å²) in [4.78, 5) is 31.4. The molecular weight excluding hydrogens is 653 g/mol. The summed E-state index contributed by atoms with van der Waals surface area (Å²) in [6, 6.07) is 30.1. The first kappa shape index (κ1) is 38.1. The number of aliphatic hydroxyl groups is 1. The number of benzene rings is 4. The van der Waals surface area contributed by atoms with Crippen molar-refractivity contribution in [2.45, 2.75) is 51.4 Å². The number of hydrogen-bond acceptors (Lipinski definition) is 7. The average Bonchev–Trinajstić information content (AvgIpc) is 3.13. The lowest BCUT2D eigenvalue weighted by Gasteiger charge is -2.31. The van der Waals surface area contributed by atoms with Crippen LogP contribution in [0.25, 0.3) is 0 Å². The normalized spacial score (nSPS) is 13.9. The zero-order valence-corrected chi connectivity index (χ0v) is 30.4. The highest BCUT2D eigenvalue weighted by Crippen LogP contribution is 2.26. The molecule has 10 nitrogen and oxygen atoms in total. The molecule has 1 unspecified atom stereocenters. The number of carbonyl (C=O) groups is 2. The quantitative estimate of drug-likeness (QED) is 0.137. The molecule has 0 aliphatic heterocycles. The van der Waals surface area contributed by atoms with Crippen molar-refractivity contribution in [3.05, 3.63) is 131 Å². The number of amides is 2. The number of nitrogens with one attached hydrogen (secondary N) is 2. The molecule has 0 bridgehead atoms. The van der Waals surface area contributed by atoms with Gasteiger partial charge in [-0.25, -0.2) is 8.42 Å². The Bertz CT molecular complexity index is 1820. The van der Waals surface area contributed by atoms with Crippen LogP contribution < -0.4 is 14.8 Å². The van der Waals surface area contributed by atoms with Gasteiger partial charge in [0.05, 0.1) is 36.7 Å². The second-order valence-electron chi connectivity index (χ2n) is 12.5. The number of rotatable bonds is 16. The van der Waals surface area contributed by atoms with Crippen LogP contribution in [0.4, 0.5) is 5.69 Å². The Morgan fingerprint density at radius 1 is 0.820 bits per heavy atom. The first-order chi connectivity index (χ1) is 23.8. The molecule has 4 atom stereocenters. The van der Waals surface area contributed by atoms with Crippen molar-refractivity contribution in [3.63, 3.8) is 0 Å².